The van der Waals surface area contributed by atoms with Crippen LogP contribution in [-0.4, -0.2) is 24.0 Å². The van der Waals surface area contributed by atoms with Crippen molar-refractivity contribution in [2.45, 2.75) is 46.0 Å². The van der Waals surface area contributed by atoms with Crippen molar-refractivity contribution in [3.63, 3.8) is 0 Å². The van der Waals surface area contributed by atoms with Gasteiger partial charge in [-0.1, -0.05) is 48.4 Å². The molecular formula is C29H28N2O3S. The van der Waals surface area contributed by atoms with Gasteiger partial charge in [0, 0.05) is 15.8 Å². The number of aryl methyl sites for hydroxylation is 3. The van der Waals surface area contributed by atoms with Gasteiger partial charge in [0.15, 0.2) is 0 Å². The number of nitrogens with one attached hydrogen (secondary N) is 1. The van der Waals surface area contributed by atoms with E-state index >= 15 is 0 Å². The summed E-state index contributed by atoms with van der Waals surface area (Å²) in [5, 5.41) is 4.41. The second-order valence-electron chi connectivity index (χ2n) is 9.10. The quantitative estimate of drug-likeness (QED) is 0.253. The van der Waals surface area contributed by atoms with Crippen LogP contribution >= 0.6 is 11.3 Å². The van der Waals surface area contributed by atoms with Crippen molar-refractivity contribution < 1.29 is 14.3 Å². The summed E-state index contributed by atoms with van der Waals surface area (Å²) >= 11 is 1.50. The van der Waals surface area contributed by atoms with E-state index in [9.17, 15) is 9.59 Å². The van der Waals surface area contributed by atoms with Crippen LogP contribution in [0.25, 0.3) is 22.2 Å². The zero-order chi connectivity index (χ0) is 24.5. The molecular weight excluding hydrogens is 456 g/mol. The average Bonchev–Trinajstić information content (AvgIpc) is 3.02. The molecule has 5 nitrogen and oxygen atoms in total. The number of para-hydroxylation sites is 1. The number of thiophene rings is 1. The predicted octanol–water partition coefficient (Wildman–Crippen LogP) is 6.89. The highest BCUT2D eigenvalue weighted by atomic mass is 32.1. The topological polar surface area (TPSA) is 68.3 Å². The van der Waals surface area contributed by atoms with E-state index in [-0.39, 0.29) is 5.91 Å². The van der Waals surface area contributed by atoms with Crippen LogP contribution in [0.4, 0.5) is 5.00 Å². The maximum absolute atomic E-state index is 13.7. The molecule has 2 heterocycles. The van der Waals surface area contributed by atoms with Crippen molar-refractivity contribution >= 4 is 39.1 Å². The third-order valence-electron chi connectivity index (χ3n) is 6.66. The number of esters is 1. The minimum atomic E-state index is -0.393. The fourth-order valence-electron chi connectivity index (χ4n) is 4.92. The number of pyridine rings is 1. The molecule has 4 aromatic rings. The van der Waals surface area contributed by atoms with Gasteiger partial charge in [0.1, 0.15) is 5.00 Å². The Morgan fingerprint density at radius 2 is 1.80 bits per heavy atom. The molecule has 0 fully saturated rings. The van der Waals surface area contributed by atoms with E-state index in [0.717, 1.165) is 65.4 Å². The number of ether oxygens (including phenoxy) is 1. The SMILES string of the molecule is COC(=O)c1c(NC(=O)c2cc(-c3ccc(C)cc3C)nc3ccccc23)sc2c1CCCCC2. The molecule has 0 saturated heterocycles. The van der Waals surface area contributed by atoms with Crippen molar-refractivity contribution in [1.29, 1.82) is 0 Å². The van der Waals surface area contributed by atoms with Crippen molar-refractivity contribution in [3.05, 3.63) is 81.2 Å². The number of carbonyl (C=O) groups excluding carboxylic acids is 2. The Bertz CT molecular complexity index is 1450. The maximum atomic E-state index is 13.7. The molecule has 1 amide bonds. The first kappa shape index (κ1) is 23.2. The van der Waals surface area contributed by atoms with Gasteiger partial charge in [-0.2, -0.15) is 0 Å². The first-order valence-electron chi connectivity index (χ1n) is 12.0. The van der Waals surface area contributed by atoms with E-state index in [4.69, 9.17) is 9.72 Å². The highest BCUT2D eigenvalue weighted by molar-refractivity contribution is 7.17. The van der Waals surface area contributed by atoms with E-state index in [1.54, 1.807) is 0 Å². The number of rotatable bonds is 4. The Kier molecular flexibility index (Phi) is 6.39. The number of amides is 1. The van der Waals surface area contributed by atoms with Gasteiger partial charge >= 0.3 is 5.97 Å². The van der Waals surface area contributed by atoms with E-state index < -0.39 is 5.97 Å². The number of methoxy groups -OCH3 is 1. The monoisotopic (exact) mass is 484 g/mol. The molecule has 0 bridgehead atoms. The van der Waals surface area contributed by atoms with Crippen LogP contribution in [0.15, 0.2) is 48.5 Å². The molecule has 0 spiro atoms. The summed E-state index contributed by atoms with van der Waals surface area (Å²) in [6.07, 6.45) is 5.04. The lowest BCUT2D eigenvalue weighted by Gasteiger charge is -2.12. The van der Waals surface area contributed by atoms with E-state index in [0.29, 0.717) is 16.1 Å². The van der Waals surface area contributed by atoms with Gasteiger partial charge in [0.25, 0.3) is 5.91 Å². The standard InChI is InChI=1S/C29H28N2O3S/c1-17-13-14-19(18(2)15-17)24-16-22(20-9-7-8-11-23(20)30-24)27(32)31-28-26(29(33)34-3)21-10-5-4-6-12-25(21)35-28/h7-9,11,13-16H,4-6,10,12H2,1-3H3,(H,31,32). The van der Waals surface area contributed by atoms with Gasteiger partial charge < -0.3 is 10.1 Å². The third kappa shape index (κ3) is 4.46. The Morgan fingerprint density at radius 1 is 1.00 bits per heavy atom. The van der Waals surface area contributed by atoms with Gasteiger partial charge in [-0.3, -0.25) is 4.79 Å². The van der Waals surface area contributed by atoms with E-state index in [1.807, 2.05) is 30.3 Å². The molecule has 178 valence electrons. The molecule has 1 aliphatic carbocycles. The second kappa shape index (κ2) is 9.62. The summed E-state index contributed by atoms with van der Waals surface area (Å²) in [5.41, 5.74) is 6.86. The fourth-order valence-corrected chi connectivity index (χ4v) is 6.19. The fraction of sp³-hybridized carbons (Fsp3) is 0.276. The summed E-state index contributed by atoms with van der Waals surface area (Å²) in [6, 6.07) is 15.7. The lowest BCUT2D eigenvalue weighted by Crippen LogP contribution is -2.15. The normalized spacial score (nSPS) is 13.2. The molecule has 0 saturated carbocycles. The molecule has 5 rings (SSSR count). The van der Waals surface area contributed by atoms with Crippen molar-refractivity contribution in [3.8, 4) is 11.3 Å². The van der Waals surface area contributed by atoms with Crippen LogP contribution in [0.3, 0.4) is 0 Å². The van der Waals surface area contributed by atoms with Crippen molar-refractivity contribution in [2.75, 3.05) is 12.4 Å². The average molecular weight is 485 g/mol. The summed E-state index contributed by atoms with van der Waals surface area (Å²) in [6.45, 7) is 4.12. The number of anilines is 1. The first-order chi connectivity index (χ1) is 17.0. The number of aromatic nitrogens is 1. The van der Waals surface area contributed by atoms with Gasteiger partial charge in [-0.15, -0.1) is 11.3 Å². The van der Waals surface area contributed by atoms with Crippen molar-refractivity contribution in [2.24, 2.45) is 0 Å². The molecule has 0 aliphatic heterocycles. The summed E-state index contributed by atoms with van der Waals surface area (Å²) < 4.78 is 5.11. The highest BCUT2D eigenvalue weighted by Gasteiger charge is 2.27. The van der Waals surface area contributed by atoms with Crippen LogP contribution in [0.2, 0.25) is 0 Å². The number of nitrogens with zero attached hydrogens (tertiary/aromatic N) is 1. The highest BCUT2D eigenvalue weighted by Crippen LogP contribution is 2.38. The maximum Gasteiger partial charge on any atom is 0.341 e. The lowest BCUT2D eigenvalue weighted by atomic mass is 9.99. The second-order valence-corrected chi connectivity index (χ2v) is 10.2. The molecule has 0 unspecified atom stereocenters. The van der Waals surface area contributed by atoms with Crippen LogP contribution in [0.5, 0.6) is 0 Å². The summed E-state index contributed by atoms with van der Waals surface area (Å²) in [5.74, 6) is -0.647. The van der Waals surface area contributed by atoms with Crippen LogP contribution in [-0.2, 0) is 17.6 Å². The molecule has 35 heavy (non-hydrogen) atoms. The zero-order valence-electron chi connectivity index (χ0n) is 20.2. The largest absolute Gasteiger partial charge is 0.465 e. The van der Waals surface area contributed by atoms with Crippen LogP contribution in [0, 0.1) is 13.8 Å². The predicted molar refractivity (Wildman–Crippen MR) is 142 cm³/mol. The Morgan fingerprint density at radius 3 is 2.60 bits per heavy atom. The number of hydrogen-bond donors (Lipinski definition) is 1. The Hall–Kier alpha value is -3.51. The Balaban J connectivity index is 1.60. The van der Waals surface area contributed by atoms with E-state index in [2.05, 4.69) is 37.4 Å². The molecule has 1 N–H and O–H groups in total. The molecule has 0 atom stereocenters. The molecule has 2 aromatic carbocycles. The third-order valence-corrected chi connectivity index (χ3v) is 7.86. The number of carbonyl (C=O) groups is 2. The molecule has 6 heteroatoms. The van der Waals surface area contributed by atoms with Gasteiger partial charge in [0.05, 0.1) is 29.4 Å². The number of benzene rings is 2. The molecule has 1 aliphatic rings. The lowest BCUT2D eigenvalue weighted by molar-refractivity contribution is 0.0601. The summed E-state index contributed by atoms with van der Waals surface area (Å²) in [4.78, 5) is 32.5. The van der Waals surface area contributed by atoms with Gasteiger partial charge in [0.2, 0.25) is 0 Å². The molecule has 2 aromatic heterocycles. The molecule has 0 radical (unpaired) electrons. The zero-order valence-corrected chi connectivity index (χ0v) is 21.1. The summed E-state index contributed by atoms with van der Waals surface area (Å²) in [7, 11) is 1.39. The van der Waals surface area contributed by atoms with Crippen molar-refractivity contribution in [1.82, 2.24) is 4.98 Å². The van der Waals surface area contributed by atoms with Crippen LogP contribution in [0.1, 0.15) is 61.5 Å². The minimum Gasteiger partial charge on any atom is -0.465 e. The van der Waals surface area contributed by atoms with Gasteiger partial charge in [-0.05, 0) is 62.8 Å². The smallest absolute Gasteiger partial charge is 0.341 e. The number of hydrogen-bond acceptors (Lipinski definition) is 5. The van der Waals surface area contributed by atoms with E-state index in [1.165, 1.54) is 28.9 Å². The minimum absolute atomic E-state index is 0.254. The van der Waals surface area contributed by atoms with Crippen LogP contribution < -0.4 is 5.32 Å². The Labute approximate surface area is 209 Å². The number of fused-ring (bicyclic) bond motifs is 2. The van der Waals surface area contributed by atoms with Gasteiger partial charge in [-0.25, -0.2) is 9.78 Å². The first-order valence-corrected chi connectivity index (χ1v) is 12.8.